The Morgan fingerprint density at radius 3 is 2.88 bits per heavy atom. The fourth-order valence-corrected chi connectivity index (χ4v) is 2.56. The van der Waals surface area contributed by atoms with Gasteiger partial charge >= 0.3 is 0 Å². The molecular weight excluding hydrogens is 306 g/mol. The molecule has 0 atom stereocenters. The summed E-state index contributed by atoms with van der Waals surface area (Å²) in [5.41, 5.74) is 7.64. The number of nitrogens with one attached hydrogen (secondary N) is 2. The van der Waals surface area contributed by atoms with Gasteiger partial charge in [-0.1, -0.05) is 25.1 Å². The number of nitrogen functional groups attached to an aromatic ring is 1. The highest BCUT2D eigenvalue weighted by molar-refractivity contribution is 6.08. The molecule has 24 heavy (non-hydrogen) atoms. The van der Waals surface area contributed by atoms with Crippen molar-refractivity contribution in [1.82, 2.24) is 20.3 Å². The van der Waals surface area contributed by atoms with Crippen molar-refractivity contribution in [2.45, 2.75) is 13.3 Å². The average Bonchev–Trinajstić information content (AvgIpc) is 2.60. The second kappa shape index (κ2) is 6.49. The van der Waals surface area contributed by atoms with Crippen LogP contribution >= 0.6 is 0 Å². The first-order chi connectivity index (χ1) is 11.6. The lowest BCUT2D eigenvalue weighted by atomic mass is 10.0. The molecule has 3 rings (SSSR count). The first kappa shape index (κ1) is 15.7. The third-order valence-electron chi connectivity index (χ3n) is 3.71. The number of nitrogens with zero attached hydrogens (tertiary/aromatic N) is 2. The maximum Gasteiger partial charge on any atom is 0.263 e. The first-order valence-corrected chi connectivity index (χ1v) is 7.62. The minimum absolute atomic E-state index is 0.0595. The van der Waals surface area contributed by atoms with E-state index in [1.807, 2.05) is 19.1 Å². The van der Waals surface area contributed by atoms with E-state index in [9.17, 15) is 9.59 Å². The second-order valence-corrected chi connectivity index (χ2v) is 5.32. The Morgan fingerprint density at radius 1 is 1.33 bits per heavy atom. The van der Waals surface area contributed by atoms with Crippen molar-refractivity contribution in [3.05, 3.63) is 52.7 Å². The number of nitrogens with two attached hydrogens (primary N) is 1. The summed E-state index contributed by atoms with van der Waals surface area (Å²) in [5.74, 6) is -0.468. The molecule has 7 heteroatoms. The summed E-state index contributed by atoms with van der Waals surface area (Å²) in [5, 5.41) is 3.29. The topological polar surface area (TPSA) is 114 Å². The van der Waals surface area contributed by atoms with E-state index < -0.39 is 11.5 Å². The number of amides is 1. The van der Waals surface area contributed by atoms with Crippen LogP contribution < -0.4 is 16.6 Å². The summed E-state index contributed by atoms with van der Waals surface area (Å²) in [6, 6.07) is 7.14. The van der Waals surface area contributed by atoms with Crippen molar-refractivity contribution in [3.63, 3.8) is 0 Å². The standard InChI is InChI=1S/C17H17N5O2/c1-2-7-20-16(23)13-14(18)11-5-3-4-10(15(11)22-17(13)24)12-6-8-19-9-21-12/h3-6,8-9H,2,7H2,1H3,(H,20,23)(H3,18,22,24). The van der Waals surface area contributed by atoms with Crippen LogP contribution in [0.4, 0.5) is 5.69 Å². The highest BCUT2D eigenvalue weighted by Gasteiger charge is 2.18. The van der Waals surface area contributed by atoms with Gasteiger partial charge in [0.1, 0.15) is 11.9 Å². The number of fused-ring (bicyclic) bond motifs is 1. The molecule has 1 amide bonds. The van der Waals surface area contributed by atoms with Crippen LogP contribution in [-0.2, 0) is 0 Å². The predicted octanol–water partition coefficient (Wildman–Crippen LogP) is 1.71. The molecule has 0 unspecified atom stereocenters. The molecule has 7 nitrogen and oxygen atoms in total. The van der Waals surface area contributed by atoms with Crippen LogP contribution in [0.5, 0.6) is 0 Å². The average molecular weight is 323 g/mol. The molecule has 3 aromatic rings. The molecule has 122 valence electrons. The number of H-pyrrole nitrogens is 1. The monoisotopic (exact) mass is 323 g/mol. The van der Waals surface area contributed by atoms with Crippen molar-refractivity contribution in [2.75, 3.05) is 12.3 Å². The summed E-state index contributed by atoms with van der Waals surface area (Å²) in [6.45, 7) is 2.42. The molecule has 0 bridgehead atoms. The largest absolute Gasteiger partial charge is 0.397 e. The Morgan fingerprint density at radius 2 is 2.17 bits per heavy atom. The lowest BCUT2D eigenvalue weighted by Crippen LogP contribution is -2.31. The van der Waals surface area contributed by atoms with Gasteiger partial charge in [-0.15, -0.1) is 0 Å². The zero-order chi connectivity index (χ0) is 17.1. The number of carbonyl (C=O) groups is 1. The number of hydrogen-bond donors (Lipinski definition) is 3. The van der Waals surface area contributed by atoms with Gasteiger partial charge in [0.15, 0.2) is 0 Å². The molecule has 0 fully saturated rings. The summed E-state index contributed by atoms with van der Waals surface area (Å²) in [6.07, 6.45) is 3.83. The number of anilines is 1. The zero-order valence-corrected chi connectivity index (χ0v) is 13.2. The summed E-state index contributed by atoms with van der Waals surface area (Å²) >= 11 is 0. The fourth-order valence-electron chi connectivity index (χ4n) is 2.56. The molecule has 2 heterocycles. The lowest BCUT2D eigenvalue weighted by molar-refractivity contribution is 0.0953. The van der Waals surface area contributed by atoms with E-state index in [0.29, 0.717) is 23.1 Å². The Balaban J connectivity index is 2.21. The smallest absolute Gasteiger partial charge is 0.263 e. The van der Waals surface area contributed by atoms with Gasteiger partial charge in [-0.2, -0.15) is 0 Å². The van der Waals surface area contributed by atoms with Gasteiger partial charge in [-0.3, -0.25) is 9.59 Å². The molecule has 1 aromatic carbocycles. The molecule has 0 radical (unpaired) electrons. The van der Waals surface area contributed by atoms with Crippen molar-refractivity contribution in [1.29, 1.82) is 0 Å². The zero-order valence-electron chi connectivity index (χ0n) is 13.2. The Kier molecular flexibility index (Phi) is 4.24. The van der Waals surface area contributed by atoms with E-state index in [-0.39, 0.29) is 11.3 Å². The maximum absolute atomic E-state index is 12.4. The summed E-state index contributed by atoms with van der Waals surface area (Å²) in [4.78, 5) is 35.5. The third-order valence-corrected chi connectivity index (χ3v) is 3.71. The quantitative estimate of drug-likeness (QED) is 0.676. The summed E-state index contributed by atoms with van der Waals surface area (Å²) in [7, 11) is 0. The number of aromatic amines is 1. The lowest BCUT2D eigenvalue weighted by Gasteiger charge is -2.11. The SMILES string of the molecule is CCCNC(=O)c1c(N)c2cccc(-c3ccncn3)c2[nH]c1=O. The number of pyridine rings is 1. The minimum atomic E-state index is -0.518. The van der Waals surface area contributed by atoms with Gasteiger partial charge in [0.25, 0.3) is 11.5 Å². The van der Waals surface area contributed by atoms with Gasteiger partial charge in [0.2, 0.25) is 0 Å². The fraction of sp³-hybridized carbons (Fsp3) is 0.176. The maximum atomic E-state index is 12.4. The second-order valence-electron chi connectivity index (χ2n) is 5.32. The first-order valence-electron chi connectivity index (χ1n) is 7.62. The van der Waals surface area contributed by atoms with Gasteiger partial charge < -0.3 is 16.0 Å². The van der Waals surface area contributed by atoms with Crippen molar-refractivity contribution < 1.29 is 4.79 Å². The van der Waals surface area contributed by atoms with Crippen LogP contribution in [-0.4, -0.2) is 27.4 Å². The molecule has 0 saturated heterocycles. The van der Waals surface area contributed by atoms with Crippen LogP contribution in [0.15, 0.2) is 41.6 Å². The van der Waals surface area contributed by atoms with E-state index in [0.717, 1.165) is 12.0 Å². The normalized spacial score (nSPS) is 10.7. The van der Waals surface area contributed by atoms with Crippen LogP contribution in [0.2, 0.25) is 0 Å². The van der Waals surface area contributed by atoms with Gasteiger partial charge in [0.05, 0.1) is 16.9 Å². The van der Waals surface area contributed by atoms with Crippen LogP contribution in [0.3, 0.4) is 0 Å². The van der Waals surface area contributed by atoms with E-state index in [1.54, 1.807) is 18.3 Å². The molecule has 0 spiro atoms. The molecule has 0 aliphatic heterocycles. The van der Waals surface area contributed by atoms with Crippen LogP contribution in [0.1, 0.15) is 23.7 Å². The van der Waals surface area contributed by atoms with Crippen molar-refractivity contribution in [3.8, 4) is 11.3 Å². The van der Waals surface area contributed by atoms with Gasteiger partial charge in [-0.05, 0) is 12.5 Å². The molecule has 2 aromatic heterocycles. The molecule has 4 N–H and O–H groups in total. The number of para-hydroxylation sites is 1. The number of hydrogen-bond acceptors (Lipinski definition) is 5. The molecule has 0 aliphatic rings. The van der Waals surface area contributed by atoms with Gasteiger partial charge in [-0.25, -0.2) is 9.97 Å². The van der Waals surface area contributed by atoms with E-state index in [4.69, 9.17) is 5.73 Å². The van der Waals surface area contributed by atoms with E-state index in [1.165, 1.54) is 6.33 Å². The summed E-state index contributed by atoms with van der Waals surface area (Å²) < 4.78 is 0. The third kappa shape index (κ3) is 2.71. The molecular formula is C17H17N5O2. The highest BCUT2D eigenvalue weighted by Crippen LogP contribution is 2.28. The van der Waals surface area contributed by atoms with Crippen LogP contribution in [0.25, 0.3) is 22.2 Å². The predicted molar refractivity (Wildman–Crippen MR) is 92.6 cm³/mol. The Labute approximate surface area is 138 Å². The molecule has 0 saturated carbocycles. The van der Waals surface area contributed by atoms with Crippen molar-refractivity contribution >= 4 is 22.5 Å². The van der Waals surface area contributed by atoms with E-state index >= 15 is 0 Å². The Hall–Kier alpha value is -3.22. The van der Waals surface area contributed by atoms with E-state index in [2.05, 4.69) is 20.3 Å². The van der Waals surface area contributed by atoms with Crippen LogP contribution in [0, 0.1) is 0 Å². The van der Waals surface area contributed by atoms with Crippen molar-refractivity contribution in [2.24, 2.45) is 0 Å². The van der Waals surface area contributed by atoms with Gasteiger partial charge in [0, 0.05) is 23.7 Å². The number of carbonyl (C=O) groups excluding carboxylic acids is 1. The minimum Gasteiger partial charge on any atom is -0.397 e. The highest BCUT2D eigenvalue weighted by atomic mass is 16.2. The molecule has 0 aliphatic carbocycles. The number of benzene rings is 1. The number of rotatable bonds is 4. The number of aromatic nitrogens is 3. The Bertz CT molecular complexity index is 950.